The third-order valence-electron chi connectivity index (χ3n) is 9.92. The number of amides is 2. The first kappa shape index (κ1) is 39.5. The fourth-order valence-corrected chi connectivity index (χ4v) is 7.01. The Hall–Kier alpha value is -5.16. The van der Waals surface area contributed by atoms with Crippen LogP contribution in [0, 0.1) is 0 Å². The number of hydroxylamine groups is 1. The van der Waals surface area contributed by atoms with E-state index in [2.05, 4.69) is 89.1 Å². The number of nitrogens with one attached hydrogen (secondary N) is 2. The molecule has 6 rings (SSSR count). The normalized spacial score (nSPS) is 16.8. The van der Waals surface area contributed by atoms with Crippen molar-refractivity contribution in [3.8, 4) is 11.1 Å². The molecule has 1 heterocycles. The SMILES string of the molecule is O=C(CCCCCC(=O)NCc1cccc(-c2cccc([C@@H]3O[C@H](CN(Cc4ccccc4)Cc4ccccc4)C[C@H](c4ccc(CO)cc4)O3)c2)c1)NO. The summed E-state index contributed by atoms with van der Waals surface area (Å²) in [4.78, 5) is 26.1. The zero-order chi connectivity index (χ0) is 38.2. The van der Waals surface area contributed by atoms with Crippen molar-refractivity contribution < 1.29 is 29.4 Å². The van der Waals surface area contributed by atoms with Crippen LogP contribution in [0.25, 0.3) is 11.1 Å². The minimum Gasteiger partial charge on any atom is -0.392 e. The molecule has 1 aliphatic heterocycles. The van der Waals surface area contributed by atoms with Crippen LogP contribution in [-0.2, 0) is 45.3 Å². The molecule has 0 spiro atoms. The smallest absolute Gasteiger partial charge is 0.243 e. The molecule has 1 aliphatic rings. The van der Waals surface area contributed by atoms with Crippen molar-refractivity contribution in [2.24, 2.45) is 0 Å². The lowest BCUT2D eigenvalue weighted by molar-refractivity contribution is -0.253. The van der Waals surface area contributed by atoms with Crippen LogP contribution in [0.2, 0.25) is 0 Å². The number of aliphatic hydroxyl groups excluding tert-OH is 1. The Labute approximate surface area is 323 Å². The van der Waals surface area contributed by atoms with Crippen LogP contribution in [0.1, 0.15) is 84.3 Å². The molecule has 0 bridgehead atoms. The Bertz CT molecular complexity index is 1900. The molecule has 0 saturated carbocycles. The number of ether oxygens (including phenoxy) is 2. The molecular formula is C46H51N3O6. The molecule has 5 aromatic rings. The Morgan fingerprint density at radius 3 is 1.91 bits per heavy atom. The van der Waals surface area contributed by atoms with Crippen LogP contribution in [0.4, 0.5) is 0 Å². The summed E-state index contributed by atoms with van der Waals surface area (Å²) >= 11 is 0. The van der Waals surface area contributed by atoms with Crippen molar-refractivity contribution in [2.75, 3.05) is 6.54 Å². The van der Waals surface area contributed by atoms with E-state index in [0.29, 0.717) is 38.8 Å². The molecule has 0 unspecified atom stereocenters. The first-order valence-electron chi connectivity index (χ1n) is 19.2. The Kier molecular flexibility index (Phi) is 14.7. The predicted octanol–water partition coefficient (Wildman–Crippen LogP) is 8.17. The summed E-state index contributed by atoms with van der Waals surface area (Å²) in [7, 11) is 0. The number of carbonyl (C=O) groups is 2. The third-order valence-corrected chi connectivity index (χ3v) is 9.92. The molecule has 4 N–H and O–H groups in total. The minimum atomic E-state index is -0.600. The van der Waals surface area contributed by atoms with Crippen LogP contribution < -0.4 is 10.8 Å². The van der Waals surface area contributed by atoms with E-state index in [9.17, 15) is 14.7 Å². The highest BCUT2D eigenvalue weighted by Gasteiger charge is 2.33. The number of aliphatic hydroxyl groups is 1. The number of unbranched alkanes of at least 4 members (excludes halogenated alkanes) is 2. The van der Waals surface area contributed by atoms with Gasteiger partial charge in [-0.2, -0.15) is 0 Å². The molecule has 55 heavy (non-hydrogen) atoms. The molecule has 9 nitrogen and oxygen atoms in total. The Morgan fingerprint density at radius 2 is 1.25 bits per heavy atom. The van der Waals surface area contributed by atoms with Gasteiger partial charge in [-0.3, -0.25) is 19.7 Å². The van der Waals surface area contributed by atoms with Gasteiger partial charge >= 0.3 is 0 Å². The molecule has 0 radical (unpaired) electrons. The summed E-state index contributed by atoms with van der Waals surface area (Å²) in [6.45, 7) is 2.69. The van der Waals surface area contributed by atoms with Gasteiger partial charge in [0.2, 0.25) is 11.8 Å². The molecule has 1 fully saturated rings. The first-order valence-corrected chi connectivity index (χ1v) is 19.2. The molecule has 2 amide bonds. The molecule has 5 aromatic carbocycles. The van der Waals surface area contributed by atoms with E-state index >= 15 is 0 Å². The van der Waals surface area contributed by atoms with Crippen molar-refractivity contribution in [2.45, 2.75) is 83.3 Å². The molecule has 0 aliphatic carbocycles. The summed E-state index contributed by atoms with van der Waals surface area (Å²) < 4.78 is 13.6. The number of carbonyl (C=O) groups excluding carboxylic acids is 2. The summed E-state index contributed by atoms with van der Waals surface area (Å²) in [6, 6.07) is 45.5. The van der Waals surface area contributed by atoms with Crippen LogP contribution >= 0.6 is 0 Å². The van der Waals surface area contributed by atoms with Gasteiger partial charge in [-0.1, -0.05) is 128 Å². The highest BCUT2D eigenvalue weighted by molar-refractivity contribution is 5.76. The molecule has 9 heteroatoms. The average molecular weight is 742 g/mol. The number of rotatable bonds is 18. The van der Waals surface area contributed by atoms with Crippen molar-refractivity contribution in [3.05, 3.63) is 167 Å². The van der Waals surface area contributed by atoms with Gasteiger partial charge in [-0.05, 0) is 63.9 Å². The van der Waals surface area contributed by atoms with E-state index in [1.807, 2.05) is 54.6 Å². The summed E-state index contributed by atoms with van der Waals surface area (Å²) in [5.41, 5.74) is 9.99. The van der Waals surface area contributed by atoms with Crippen molar-refractivity contribution in [1.82, 2.24) is 15.7 Å². The second-order valence-electron chi connectivity index (χ2n) is 14.2. The number of benzene rings is 5. The second kappa shape index (κ2) is 20.5. The molecule has 1 saturated heterocycles. The van der Waals surface area contributed by atoms with E-state index in [1.165, 1.54) is 11.1 Å². The van der Waals surface area contributed by atoms with Gasteiger partial charge in [0, 0.05) is 51.0 Å². The van der Waals surface area contributed by atoms with E-state index < -0.39 is 12.2 Å². The van der Waals surface area contributed by atoms with Gasteiger partial charge in [0.1, 0.15) is 0 Å². The van der Waals surface area contributed by atoms with Crippen molar-refractivity contribution in [3.63, 3.8) is 0 Å². The Morgan fingerprint density at radius 1 is 0.636 bits per heavy atom. The van der Waals surface area contributed by atoms with Crippen molar-refractivity contribution in [1.29, 1.82) is 0 Å². The summed E-state index contributed by atoms with van der Waals surface area (Å²) in [5.74, 6) is -0.445. The fourth-order valence-electron chi connectivity index (χ4n) is 7.01. The lowest BCUT2D eigenvalue weighted by Gasteiger charge is -2.38. The molecule has 286 valence electrons. The number of hydrogen-bond donors (Lipinski definition) is 4. The topological polar surface area (TPSA) is 120 Å². The van der Waals surface area contributed by atoms with E-state index in [4.69, 9.17) is 14.7 Å². The standard InChI is InChI=1S/C46H51N3O6/c50-33-36-22-24-38(25-23-36)43-28-42(32-49(30-34-12-4-1-5-13-34)31-35-14-6-2-7-15-35)54-46(55-43)41-19-11-18-40(27-41)39-17-10-16-37(26-39)29-47-44(51)20-8-3-9-21-45(52)48-53/h1-2,4-7,10-19,22-27,42-43,46,50,53H,3,8-9,20-21,28-33H2,(H,47,51)(H,48,52)/t42-,43+,46+/m0/s1. The predicted molar refractivity (Wildman–Crippen MR) is 212 cm³/mol. The van der Waals surface area contributed by atoms with Gasteiger partial charge in [-0.25, -0.2) is 5.48 Å². The maximum atomic E-state index is 12.5. The van der Waals surface area contributed by atoms with Gasteiger partial charge in [-0.15, -0.1) is 0 Å². The zero-order valence-corrected chi connectivity index (χ0v) is 31.2. The number of nitrogens with zero attached hydrogens (tertiary/aromatic N) is 1. The fraction of sp³-hybridized carbons (Fsp3) is 0.304. The van der Waals surface area contributed by atoms with E-state index in [0.717, 1.165) is 52.9 Å². The monoisotopic (exact) mass is 741 g/mol. The maximum absolute atomic E-state index is 12.5. The largest absolute Gasteiger partial charge is 0.392 e. The summed E-state index contributed by atoms with van der Waals surface area (Å²) in [5, 5.41) is 21.3. The van der Waals surface area contributed by atoms with Crippen LogP contribution in [0.15, 0.2) is 133 Å². The second-order valence-corrected chi connectivity index (χ2v) is 14.2. The van der Waals surface area contributed by atoms with Gasteiger partial charge < -0.3 is 19.9 Å². The van der Waals surface area contributed by atoms with Crippen LogP contribution in [0.5, 0.6) is 0 Å². The maximum Gasteiger partial charge on any atom is 0.243 e. The first-order chi connectivity index (χ1) is 26.9. The van der Waals surface area contributed by atoms with Crippen LogP contribution in [-0.4, -0.2) is 39.7 Å². The van der Waals surface area contributed by atoms with Gasteiger partial charge in [0.25, 0.3) is 0 Å². The quantitative estimate of drug-likeness (QED) is 0.0407. The molecule has 0 aromatic heterocycles. The number of hydrogen-bond acceptors (Lipinski definition) is 7. The highest BCUT2D eigenvalue weighted by Crippen LogP contribution is 2.39. The van der Waals surface area contributed by atoms with Gasteiger partial charge in [0.05, 0.1) is 18.8 Å². The highest BCUT2D eigenvalue weighted by atomic mass is 16.7. The lowest BCUT2D eigenvalue weighted by Crippen LogP contribution is -2.39. The molecular weight excluding hydrogens is 691 g/mol. The minimum absolute atomic E-state index is 0.0104. The summed E-state index contributed by atoms with van der Waals surface area (Å²) in [6.07, 6.45) is 2.42. The van der Waals surface area contributed by atoms with E-state index in [-0.39, 0.29) is 31.1 Å². The third kappa shape index (κ3) is 12.2. The van der Waals surface area contributed by atoms with Crippen LogP contribution in [0.3, 0.4) is 0 Å². The van der Waals surface area contributed by atoms with Gasteiger partial charge in [0.15, 0.2) is 6.29 Å². The lowest BCUT2D eigenvalue weighted by atomic mass is 9.98. The molecule has 3 atom stereocenters. The Balaban J connectivity index is 1.17. The zero-order valence-electron chi connectivity index (χ0n) is 31.2. The van der Waals surface area contributed by atoms with Crippen molar-refractivity contribution >= 4 is 11.8 Å². The average Bonchev–Trinajstić information content (AvgIpc) is 3.23. The van der Waals surface area contributed by atoms with E-state index in [1.54, 1.807) is 5.48 Å².